The summed E-state index contributed by atoms with van der Waals surface area (Å²) in [4.78, 5) is 6.22. The van der Waals surface area contributed by atoms with Crippen molar-refractivity contribution in [3.8, 4) is 0 Å². The molecule has 204 valence electrons. The Morgan fingerprint density at radius 1 is 1.05 bits per heavy atom. The first kappa shape index (κ1) is 28.1. The zero-order valence-corrected chi connectivity index (χ0v) is 20.9. The molecule has 4 atom stereocenters. The van der Waals surface area contributed by atoms with E-state index in [1.807, 2.05) is 42.2 Å². The van der Waals surface area contributed by atoms with E-state index >= 15 is 0 Å². The fourth-order valence-corrected chi connectivity index (χ4v) is 5.46. The first-order valence-corrected chi connectivity index (χ1v) is 12.5. The maximum atomic E-state index is 13.3. The van der Waals surface area contributed by atoms with Gasteiger partial charge < -0.3 is 5.11 Å². The molecule has 0 bridgehead atoms. The Kier molecular flexibility index (Phi) is 8.18. The predicted molar refractivity (Wildman–Crippen MR) is 134 cm³/mol. The zero-order chi connectivity index (χ0) is 27.7. The van der Waals surface area contributed by atoms with Gasteiger partial charge in [0.05, 0.1) is 22.7 Å². The van der Waals surface area contributed by atoms with E-state index in [1.165, 1.54) is 0 Å². The summed E-state index contributed by atoms with van der Waals surface area (Å²) in [6.07, 6.45) is -5.59. The Hall–Kier alpha value is -2.91. The van der Waals surface area contributed by atoms with Gasteiger partial charge in [-0.2, -0.15) is 26.3 Å². The Balaban J connectivity index is 1.45. The third-order valence-corrected chi connectivity index (χ3v) is 7.46. The largest absolute Gasteiger partial charge is 0.416 e. The fourth-order valence-electron chi connectivity index (χ4n) is 5.46. The molecule has 1 aliphatic heterocycles. The highest BCUT2D eigenvalue weighted by molar-refractivity contribution is 5.82. The molecule has 0 aliphatic carbocycles. The molecule has 1 saturated heterocycles. The number of halogens is 6. The molecule has 0 amide bonds. The summed E-state index contributed by atoms with van der Waals surface area (Å²) < 4.78 is 79.6. The first-order chi connectivity index (χ1) is 17.9. The van der Waals surface area contributed by atoms with Gasteiger partial charge in [-0.25, -0.2) is 0 Å². The van der Waals surface area contributed by atoms with Gasteiger partial charge in [-0.05, 0) is 78.6 Å². The monoisotopic (exact) mass is 536 g/mol. The molecule has 38 heavy (non-hydrogen) atoms. The number of benzene rings is 2. The summed E-state index contributed by atoms with van der Waals surface area (Å²) in [6.45, 7) is 6.87. The first-order valence-electron chi connectivity index (χ1n) is 12.5. The summed E-state index contributed by atoms with van der Waals surface area (Å²) in [5.41, 5.74) is -1.02. The number of hydrogen-bond donors (Lipinski definition) is 1. The van der Waals surface area contributed by atoms with Crippen molar-refractivity contribution in [2.45, 2.75) is 44.8 Å². The minimum atomic E-state index is -4.87. The summed E-state index contributed by atoms with van der Waals surface area (Å²) in [7, 11) is 0. The number of alkyl halides is 6. The molecule has 1 aromatic heterocycles. The molecule has 0 radical (unpaired) electrons. The fraction of sp³-hybridized carbons (Fsp3) is 0.414. The zero-order valence-electron chi connectivity index (χ0n) is 20.9. The maximum absolute atomic E-state index is 13.3. The number of nitrogens with zero attached hydrogens (tertiary/aromatic N) is 2. The van der Waals surface area contributed by atoms with Crippen molar-refractivity contribution in [1.82, 2.24) is 9.88 Å². The van der Waals surface area contributed by atoms with Gasteiger partial charge in [0.1, 0.15) is 0 Å². The van der Waals surface area contributed by atoms with Gasteiger partial charge in [0.15, 0.2) is 0 Å². The number of aliphatic hydroxyl groups excluding tert-OH is 1. The normalized spacial score (nSPS) is 20.8. The van der Waals surface area contributed by atoms with E-state index in [9.17, 15) is 31.4 Å². The number of fused-ring (bicyclic) bond motifs is 1. The van der Waals surface area contributed by atoms with Crippen LogP contribution in [0.5, 0.6) is 0 Å². The molecular formula is C29H30F6N2O. The minimum Gasteiger partial charge on any atom is -0.388 e. The molecule has 0 spiro atoms. The maximum Gasteiger partial charge on any atom is 0.416 e. The second-order valence-electron chi connectivity index (χ2n) is 10.2. The second-order valence-corrected chi connectivity index (χ2v) is 10.2. The summed E-state index contributed by atoms with van der Waals surface area (Å²) in [6, 6.07) is 11.2. The number of pyridine rings is 1. The van der Waals surface area contributed by atoms with E-state index in [0.717, 1.165) is 28.6 Å². The van der Waals surface area contributed by atoms with Gasteiger partial charge in [0.25, 0.3) is 0 Å². The molecule has 2 heterocycles. The lowest BCUT2D eigenvalue weighted by molar-refractivity contribution is -0.143. The van der Waals surface area contributed by atoms with Gasteiger partial charge in [0, 0.05) is 24.7 Å². The van der Waals surface area contributed by atoms with Crippen molar-refractivity contribution < 1.29 is 31.4 Å². The lowest BCUT2D eigenvalue weighted by atomic mass is 9.77. The number of hydrogen-bond acceptors (Lipinski definition) is 3. The Labute approximate surface area is 217 Å². The van der Waals surface area contributed by atoms with Crippen LogP contribution < -0.4 is 0 Å². The highest BCUT2D eigenvalue weighted by Gasteiger charge is 2.37. The summed E-state index contributed by atoms with van der Waals surface area (Å²) in [5.74, 6) is 0.0758. The van der Waals surface area contributed by atoms with Crippen molar-refractivity contribution in [3.63, 3.8) is 0 Å². The second kappa shape index (κ2) is 11.1. The van der Waals surface area contributed by atoms with E-state index in [1.54, 1.807) is 12.3 Å². The van der Waals surface area contributed by atoms with E-state index in [-0.39, 0.29) is 35.9 Å². The number of likely N-dealkylation sites (tertiary alicyclic amines) is 1. The van der Waals surface area contributed by atoms with Crippen LogP contribution in [-0.2, 0) is 18.9 Å². The van der Waals surface area contributed by atoms with E-state index in [4.69, 9.17) is 0 Å². The highest BCUT2D eigenvalue weighted by atomic mass is 19.4. The quantitative estimate of drug-likeness (QED) is 0.249. The van der Waals surface area contributed by atoms with Crippen LogP contribution in [0.15, 0.2) is 67.4 Å². The average molecular weight is 537 g/mol. The SMILES string of the molecule is C=CC1CN(Cc2cc(C(F)(F)F)cc(C(F)(F)F)c2)CCC1CC(C)[C@H](O)c1ccnc2ccccc12. The number of aromatic nitrogens is 1. The van der Waals surface area contributed by atoms with Crippen LogP contribution >= 0.6 is 0 Å². The van der Waals surface area contributed by atoms with Crippen molar-refractivity contribution in [3.05, 3.63) is 89.6 Å². The molecule has 0 saturated carbocycles. The Bertz CT molecular complexity index is 1230. The minimum absolute atomic E-state index is 0.0135. The van der Waals surface area contributed by atoms with Crippen LogP contribution in [0.2, 0.25) is 0 Å². The molecule has 1 N–H and O–H groups in total. The van der Waals surface area contributed by atoms with Crippen LogP contribution in [0.4, 0.5) is 26.3 Å². The van der Waals surface area contributed by atoms with Crippen molar-refractivity contribution in [1.29, 1.82) is 0 Å². The van der Waals surface area contributed by atoms with Crippen molar-refractivity contribution in [2.24, 2.45) is 17.8 Å². The smallest absolute Gasteiger partial charge is 0.388 e. The third-order valence-electron chi connectivity index (χ3n) is 7.46. The van der Waals surface area contributed by atoms with Gasteiger partial charge in [0.2, 0.25) is 0 Å². The molecular weight excluding hydrogens is 506 g/mol. The van der Waals surface area contributed by atoms with E-state index in [0.29, 0.717) is 25.9 Å². The highest BCUT2D eigenvalue weighted by Crippen LogP contribution is 2.39. The van der Waals surface area contributed by atoms with Gasteiger partial charge >= 0.3 is 12.4 Å². The molecule has 3 nitrogen and oxygen atoms in total. The molecule has 1 aliphatic rings. The van der Waals surface area contributed by atoms with Crippen LogP contribution in [0, 0.1) is 17.8 Å². The summed E-state index contributed by atoms with van der Waals surface area (Å²) >= 11 is 0. The molecule has 3 unspecified atom stereocenters. The van der Waals surface area contributed by atoms with Gasteiger partial charge in [-0.3, -0.25) is 9.88 Å². The molecule has 2 aromatic carbocycles. The van der Waals surface area contributed by atoms with Gasteiger partial charge in [-0.15, -0.1) is 6.58 Å². The van der Waals surface area contributed by atoms with Crippen molar-refractivity contribution in [2.75, 3.05) is 13.1 Å². The van der Waals surface area contributed by atoms with Gasteiger partial charge in [-0.1, -0.05) is 31.2 Å². The van der Waals surface area contributed by atoms with E-state index in [2.05, 4.69) is 11.6 Å². The topological polar surface area (TPSA) is 36.4 Å². The number of para-hydroxylation sites is 1. The molecule has 9 heteroatoms. The van der Waals surface area contributed by atoms with Crippen LogP contribution in [0.1, 0.15) is 48.1 Å². The Morgan fingerprint density at radius 3 is 2.34 bits per heavy atom. The third kappa shape index (κ3) is 6.38. The van der Waals surface area contributed by atoms with Crippen LogP contribution in [0.25, 0.3) is 10.9 Å². The lowest BCUT2D eigenvalue weighted by Crippen LogP contribution is -2.40. The average Bonchev–Trinajstić information content (AvgIpc) is 2.87. The summed E-state index contributed by atoms with van der Waals surface area (Å²) in [5, 5.41) is 12.1. The van der Waals surface area contributed by atoms with E-state index < -0.39 is 29.6 Å². The van der Waals surface area contributed by atoms with Crippen molar-refractivity contribution >= 4 is 10.9 Å². The van der Waals surface area contributed by atoms with Crippen LogP contribution in [-0.4, -0.2) is 28.1 Å². The number of rotatable bonds is 7. The predicted octanol–water partition coefficient (Wildman–Crippen LogP) is 7.66. The number of piperidine rings is 1. The van der Waals surface area contributed by atoms with Crippen LogP contribution in [0.3, 0.4) is 0 Å². The lowest BCUT2D eigenvalue weighted by Gasteiger charge is -2.39. The molecule has 4 rings (SSSR count). The number of aliphatic hydroxyl groups is 1. The molecule has 3 aromatic rings. The molecule has 1 fully saturated rings. The standard InChI is InChI=1S/C29H30F6N2O/c1-3-20-17-37(16-19-13-22(28(30,31)32)15-23(14-19)29(33,34)35)11-9-21(20)12-18(2)27(38)25-8-10-36-26-7-5-4-6-24(25)26/h3-8,10,13-15,18,20-21,27,38H,1,9,11-12,16-17H2,2H3/t18?,20?,21?,27-/m0/s1. The Morgan fingerprint density at radius 2 is 1.71 bits per heavy atom.